The van der Waals surface area contributed by atoms with Gasteiger partial charge in [-0.1, -0.05) is 0 Å². The third-order valence-corrected chi connectivity index (χ3v) is 2.84. The maximum atomic E-state index is 10.3. The van der Waals surface area contributed by atoms with Crippen LogP contribution in [-0.4, -0.2) is 78.9 Å². The van der Waals surface area contributed by atoms with E-state index in [1.165, 1.54) is 6.33 Å². The van der Waals surface area contributed by atoms with Crippen LogP contribution in [0.5, 0.6) is 0 Å². The first-order chi connectivity index (χ1) is 12.9. The van der Waals surface area contributed by atoms with E-state index in [9.17, 15) is 19.2 Å². The van der Waals surface area contributed by atoms with E-state index < -0.39 is 48.5 Å². The number of aliphatic carboxylic acids is 3. The minimum atomic E-state index is -1.18. The second-order valence-electron chi connectivity index (χ2n) is 5.30. The molecule has 3 unspecified atom stereocenters. The second-order valence-corrected chi connectivity index (χ2v) is 5.30. The number of imidazole rings is 1. The van der Waals surface area contributed by atoms with Crippen LogP contribution in [0.3, 0.4) is 0 Å². The van der Waals surface area contributed by atoms with Gasteiger partial charge in [0.25, 0.3) is 0 Å². The normalized spacial score (nSPS) is 12.9. The van der Waals surface area contributed by atoms with Crippen LogP contribution in [0.25, 0.3) is 0 Å². The second kappa shape index (κ2) is 15.0. The van der Waals surface area contributed by atoms with Gasteiger partial charge in [-0.2, -0.15) is 0 Å². The van der Waals surface area contributed by atoms with Crippen molar-refractivity contribution in [2.45, 2.75) is 37.4 Å². The average molecular weight is 406 g/mol. The molecular weight excluding hydrogens is 380 g/mol. The van der Waals surface area contributed by atoms with Crippen LogP contribution < -0.4 is 22.9 Å². The summed E-state index contributed by atoms with van der Waals surface area (Å²) < 4.78 is 0. The van der Waals surface area contributed by atoms with E-state index in [0.717, 1.165) is 5.69 Å². The van der Waals surface area contributed by atoms with Gasteiger partial charge in [0.15, 0.2) is 0 Å². The number of nitrogens with one attached hydrogen (secondary N) is 1. The Morgan fingerprint density at radius 2 is 1.46 bits per heavy atom. The van der Waals surface area contributed by atoms with E-state index >= 15 is 0 Å². The monoisotopic (exact) mass is 406 g/mol. The number of hydrogen-bond donors (Lipinski definition) is 9. The largest absolute Gasteiger partial charge is 0.480 e. The van der Waals surface area contributed by atoms with Crippen LogP contribution in [0.1, 0.15) is 18.5 Å². The fourth-order valence-electron chi connectivity index (χ4n) is 1.22. The van der Waals surface area contributed by atoms with Gasteiger partial charge in [-0.3, -0.25) is 19.2 Å². The molecule has 0 spiro atoms. The van der Waals surface area contributed by atoms with Crippen molar-refractivity contribution in [2.75, 3.05) is 6.61 Å². The fraction of sp³-hybridized carbons (Fsp3) is 0.500. The van der Waals surface area contributed by atoms with Crippen LogP contribution in [0.15, 0.2) is 12.5 Å². The lowest BCUT2D eigenvalue weighted by molar-refractivity contribution is -0.140. The number of aromatic nitrogens is 2. The first-order valence-corrected chi connectivity index (χ1v) is 7.73. The molecule has 0 radical (unpaired) electrons. The first kappa shape index (κ1) is 27.2. The molecular formula is C14H26N6O8. The molecule has 0 bridgehead atoms. The highest BCUT2D eigenvalue weighted by molar-refractivity contribution is 5.77. The number of carbonyl (C=O) groups is 4. The molecule has 1 aromatic rings. The smallest absolute Gasteiger partial charge is 0.322 e. The number of amides is 1. The number of hydrogen-bond acceptors (Lipinski definition) is 9. The van der Waals surface area contributed by atoms with Crippen LogP contribution in [-0.2, 0) is 25.6 Å². The van der Waals surface area contributed by atoms with Crippen LogP contribution >= 0.6 is 0 Å². The molecule has 1 heterocycles. The van der Waals surface area contributed by atoms with Gasteiger partial charge in [-0.25, -0.2) is 4.98 Å². The summed E-state index contributed by atoms with van der Waals surface area (Å²) in [5, 5.41) is 32.5. The van der Waals surface area contributed by atoms with E-state index in [1.54, 1.807) is 6.20 Å². The van der Waals surface area contributed by atoms with Crippen molar-refractivity contribution in [1.29, 1.82) is 0 Å². The molecule has 0 fully saturated rings. The number of primary amides is 1. The average Bonchev–Trinajstić information content (AvgIpc) is 3.12. The molecule has 3 atom stereocenters. The summed E-state index contributed by atoms with van der Waals surface area (Å²) in [5.74, 6) is -3.82. The van der Waals surface area contributed by atoms with Gasteiger partial charge in [0.1, 0.15) is 18.1 Å². The molecule has 14 heteroatoms. The highest BCUT2D eigenvalue weighted by Gasteiger charge is 2.12. The summed E-state index contributed by atoms with van der Waals surface area (Å²) in [6, 6.07) is -2.96. The fourth-order valence-corrected chi connectivity index (χ4v) is 1.22. The minimum Gasteiger partial charge on any atom is -0.480 e. The molecule has 0 saturated heterocycles. The predicted octanol–water partition coefficient (Wildman–Crippen LogP) is -3.58. The lowest BCUT2D eigenvalue weighted by Crippen LogP contribution is -2.33. The first-order valence-electron chi connectivity index (χ1n) is 7.73. The van der Waals surface area contributed by atoms with Crippen molar-refractivity contribution in [2.24, 2.45) is 22.9 Å². The van der Waals surface area contributed by atoms with E-state index in [2.05, 4.69) is 9.97 Å². The number of nitrogens with two attached hydrogens (primary N) is 4. The topological polar surface area (TPSA) is 282 Å². The van der Waals surface area contributed by atoms with Crippen LogP contribution in [0.4, 0.5) is 0 Å². The highest BCUT2D eigenvalue weighted by Crippen LogP contribution is 1.95. The summed E-state index contributed by atoms with van der Waals surface area (Å²) in [6.07, 6.45) is 3.46. The molecule has 0 saturated carbocycles. The Hall–Kier alpha value is -3.07. The Bertz CT molecular complexity index is 609. The predicted molar refractivity (Wildman–Crippen MR) is 94.6 cm³/mol. The lowest BCUT2D eigenvalue weighted by atomic mass is 10.2. The SMILES string of the molecule is NC(=O)CCC(N)C(=O)O.NC(CO)C(=O)O.NC(Cc1cnc[nH]1)C(=O)O. The van der Waals surface area contributed by atoms with Gasteiger partial charge in [-0.05, 0) is 6.42 Å². The van der Waals surface area contributed by atoms with Gasteiger partial charge in [0.2, 0.25) is 5.91 Å². The Kier molecular flexibility index (Phi) is 14.6. The van der Waals surface area contributed by atoms with Crippen molar-refractivity contribution < 1.29 is 39.6 Å². The van der Waals surface area contributed by atoms with Gasteiger partial charge in [-0.15, -0.1) is 0 Å². The van der Waals surface area contributed by atoms with Gasteiger partial charge < -0.3 is 48.3 Å². The number of rotatable bonds is 9. The number of carboxylic acids is 3. The minimum absolute atomic E-state index is 0.0213. The van der Waals surface area contributed by atoms with E-state index in [0.29, 0.717) is 0 Å². The molecule has 1 amide bonds. The van der Waals surface area contributed by atoms with E-state index in [4.69, 9.17) is 43.4 Å². The van der Waals surface area contributed by atoms with Crippen molar-refractivity contribution in [1.82, 2.24) is 9.97 Å². The quantitative estimate of drug-likeness (QED) is 0.192. The number of nitrogens with zero attached hydrogens (tertiary/aromatic N) is 1. The molecule has 1 rings (SSSR count). The Morgan fingerprint density at radius 1 is 0.964 bits per heavy atom. The van der Waals surface area contributed by atoms with Crippen LogP contribution in [0.2, 0.25) is 0 Å². The van der Waals surface area contributed by atoms with Crippen molar-refractivity contribution in [3.63, 3.8) is 0 Å². The van der Waals surface area contributed by atoms with Crippen LogP contribution in [0, 0.1) is 0 Å². The standard InChI is InChI=1S/C6H9N3O2.C5H10N2O3.C3H7NO3/c7-5(6(10)11)1-4-2-8-3-9-4;6-3(5(9)10)1-2-4(7)8;4-2(1-5)3(6)7/h2-3,5H,1,7H2,(H,8,9)(H,10,11);3H,1-2,6H2,(H2,7,8)(H,9,10);2,5H,1,4H2,(H,6,7). The molecule has 13 N–H and O–H groups in total. The van der Waals surface area contributed by atoms with Gasteiger partial charge in [0, 0.05) is 24.7 Å². The summed E-state index contributed by atoms with van der Waals surface area (Å²) in [4.78, 5) is 46.5. The molecule has 14 nitrogen and oxygen atoms in total. The highest BCUT2D eigenvalue weighted by atomic mass is 16.4. The molecule has 1 aromatic heterocycles. The number of aliphatic hydroxyl groups excluding tert-OH is 1. The number of carboxylic acid groups (broad SMARTS) is 3. The molecule has 0 aliphatic heterocycles. The Morgan fingerprint density at radius 3 is 1.75 bits per heavy atom. The summed E-state index contributed by atoms with van der Waals surface area (Å²) >= 11 is 0. The van der Waals surface area contributed by atoms with Gasteiger partial charge >= 0.3 is 17.9 Å². The van der Waals surface area contributed by atoms with E-state index in [1.807, 2.05) is 0 Å². The number of aromatic amines is 1. The number of H-pyrrole nitrogens is 1. The molecule has 0 aliphatic rings. The Balaban J connectivity index is 0. The van der Waals surface area contributed by atoms with E-state index in [-0.39, 0.29) is 19.3 Å². The third-order valence-electron chi connectivity index (χ3n) is 2.84. The maximum Gasteiger partial charge on any atom is 0.322 e. The lowest BCUT2D eigenvalue weighted by Gasteiger charge is -2.02. The van der Waals surface area contributed by atoms with Gasteiger partial charge in [0.05, 0.1) is 12.9 Å². The molecule has 0 aromatic carbocycles. The molecule has 0 aliphatic carbocycles. The molecule has 160 valence electrons. The number of aliphatic hydroxyl groups is 1. The van der Waals surface area contributed by atoms with Crippen molar-refractivity contribution >= 4 is 23.8 Å². The Labute approximate surface area is 159 Å². The summed E-state index contributed by atoms with van der Waals surface area (Å²) in [7, 11) is 0. The number of carbonyl (C=O) groups excluding carboxylic acids is 1. The zero-order valence-electron chi connectivity index (χ0n) is 14.9. The zero-order valence-corrected chi connectivity index (χ0v) is 14.9. The summed E-state index contributed by atoms with van der Waals surface area (Å²) in [5.41, 5.74) is 20.6. The van der Waals surface area contributed by atoms with Crippen molar-refractivity contribution in [3.8, 4) is 0 Å². The summed E-state index contributed by atoms with van der Waals surface area (Å²) in [6.45, 7) is -0.505. The van der Waals surface area contributed by atoms with Crippen molar-refractivity contribution in [3.05, 3.63) is 18.2 Å². The maximum absolute atomic E-state index is 10.3. The third kappa shape index (κ3) is 15.2. The zero-order chi connectivity index (χ0) is 22.3. The molecule has 28 heavy (non-hydrogen) atoms.